The van der Waals surface area contributed by atoms with Crippen molar-refractivity contribution in [1.82, 2.24) is 15.5 Å². The Hall–Kier alpha value is -2.31. The summed E-state index contributed by atoms with van der Waals surface area (Å²) in [6.45, 7) is 7.61. The van der Waals surface area contributed by atoms with E-state index in [2.05, 4.69) is 58.9 Å². The van der Waals surface area contributed by atoms with E-state index in [1.54, 1.807) is 14.2 Å². The largest absolute Gasteiger partial charge is 0.493 e. The number of methoxy groups -OCH3 is 2. The number of ether oxygens (including phenoxy) is 2. The summed E-state index contributed by atoms with van der Waals surface area (Å²) in [5.74, 6) is 1.55. The van der Waals surface area contributed by atoms with Crippen LogP contribution in [0.3, 0.4) is 0 Å². The Morgan fingerprint density at radius 2 is 1.90 bits per heavy atom. The fourth-order valence-corrected chi connectivity index (χ4v) is 4.19. The molecule has 0 bridgehead atoms. The molecule has 0 aromatic heterocycles. The Morgan fingerprint density at radius 3 is 2.59 bits per heavy atom. The maximum Gasteiger partial charge on any atom is 0.166 e. The van der Waals surface area contributed by atoms with E-state index in [9.17, 15) is 0 Å². The number of nitrogens with one attached hydrogen (secondary N) is 2. The lowest BCUT2D eigenvalue weighted by Crippen LogP contribution is -2.44. The second-order valence-electron chi connectivity index (χ2n) is 7.37. The second-order valence-corrected chi connectivity index (χ2v) is 7.78. The minimum Gasteiger partial charge on any atom is -0.493 e. The molecular formula is C23H31N3O2S. The molecule has 0 fully saturated rings. The summed E-state index contributed by atoms with van der Waals surface area (Å²) in [7, 11) is 3.37. The highest BCUT2D eigenvalue weighted by Crippen LogP contribution is 2.38. The van der Waals surface area contributed by atoms with Crippen LogP contribution in [0.5, 0.6) is 11.5 Å². The average Bonchev–Trinajstić information content (AvgIpc) is 2.72. The van der Waals surface area contributed by atoms with Gasteiger partial charge < -0.3 is 20.1 Å². The molecule has 0 radical (unpaired) electrons. The molecule has 1 atom stereocenters. The van der Waals surface area contributed by atoms with Gasteiger partial charge in [-0.15, -0.1) is 0 Å². The Kier molecular flexibility index (Phi) is 7.34. The van der Waals surface area contributed by atoms with E-state index >= 15 is 0 Å². The van der Waals surface area contributed by atoms with Gasteiger partial charge in [0.2, 0.25) is 0 Å². The Balaban J connectivity index is 1.91. The molecule has 2 N–H and O–H groups in total. The van der Waals surface area contributed by atoms with Crippen molar-refractivity contribution in [2.45, 2.75) is 32.9 Å². The lowest BCUT2D eigenvalue weighted by Gasteiger charge is -2.38. The van der Waals surface area contributed by atoms with Gasteiger partial charge in [0.25, 0.3) is 0 Å². The first-order valence-electron chi connectivity index (χ1n) is 10.1. The number of hydrogen-bond donors (Lipinski definition) is 2. The fraction of sp³-hybridized carbons (Fsp3) is 0.435. The molecule has 0 spiro atoms. The molecule has 0 amide bonds. The predicted octanol–water partition coefficient (Wildman–Crippen LogP) is 3.60. The molecule has 156 valence electrons. The van der Waals surface area contributed by atoms with E-state index in [4.69, 9.17) is 21.7 Å². The van der Waals surface area contributed by atoms with Gasteiger partial charge in [0.05, 0.1) is 20.3 Å². The fourth-order valence-electron chi connectivity index (χ4n) is 3.97. The second kappa shape index (κ2) is 9.94. The van der Waals surface area contributed by atoms with Crippen LogP contribution < -0.4 is 20.1 Å². The minimum absolute atomic E-state index is 0.190. The molecule has 0 unspecified atom stereocenters. The van der Waals surface area contributed by atoms with Crippen molar-refractivity contribution in [2.24, 2.45) is 0 Å². The monoisotopic (exact) mass is 413 g/mol. The predicted molar refractivity (Wildman–Crippen MR) is 122 cm³/mol. The van der Waals surface area contributed by atoms with Gasteiger partial charge in [0, 0.05) is 26.2 Å². The van der Waals surface area contributed by atoms with Crippen LogP contribution in [0.25, 0.3) is 0 Å². The lowest BCUT2D eigenvalue weighted by molar-refractivity contribution is 0.176. The number of fused-ring (bicyclic) bond motifs is 1. The molecule has 3 rings (SSSR count). The van der Waals surface area contributed by atoms with Gasteiger partial charge in [-0.3, -0.25) is 4.90 Å². The SMILES string of the molecule is CCNC(=S)NC[C@@H]1c2cc(OC)c(OC)cc2CCN1Cc1cccc(C)c1. The topological polar surface area (TPSA) is 45.8 Å². The van der Waals surface area contributed by atoms with Crippen LogP contribution in [0.15, 0.2) is 36.4 Å². The lowest BCUT2D eigenvalue weighted by atomic mass is 9.91. The van der Waals surface area contributed by atoms with E-state index in [1.165, 1.54) is 22.3 Å². The number of benzene rings is 2. The molecule has 0 saturated carbocycles. The van der Waals surface area contributed by atoms with Gasteiger partial charge in [-0.1, -0.05) is 29.8 Å². The van der Waals surface area contributed by atoms with Crippen LogP contribution in [0.4, 0.5) is 0 Å². The third kappa shape index (κ3) is 5.19. The smallest absolute Gasteiger partial charge is 0.166 e. The van der Waals surface area contributed by atoms with Crippen LogP contribution in [0.2, 0.25) is 0 Å². The first-order chi connectivity index (χ1) is 14.0. The van der Waals surface area contributed by atoms with E-state index in [0.29, 0.717) is 5.11 Å². The number of aryl methyl sites for hydroxylation is 1. The Morgan fingerprint density at radius 1 is 1.14 bits per heavy atom. The molecule has 2 aromatic carbocycles. The van der Waals surface area contributed by atoms with Crippen molar-refractivity contribution in [3.05, 3.63) is 58.7 Å². The van der Waals surface area contributed by atoms with E-state index in [0.717, 1.165) is 44.1 Å². The summed E-state index contributed by atoms with van der Waals surface area (Å²) >= 11 is 5.41. The summed E-state index contributed by atoms with van der Waals surface area (Å²) in [6.07, 6.45) is 0.982. The van der Waals surface area contributed by atoms with Crippen molar-refractivity contribution < 1.29 is 9.47 Å². The molecule has 6 heteroatoms. The molecular weight excluding hydrogens is 382 g/mol. The normalized spacial score (nSPS) is 16.1. The summed E-state index contributed by atoms with van der Waals surface area (Å²) in [6, 6.07) is 13.2. The molecule has 0 aliphatic carbocycles. The Bertz CT molecular complexity index is 856. The van der Waals surface area contributed by atoms with Crippen LogP contribution in [0.1, 0.15) is 35.2 Å². The van der Waals surface area contributed by atoms with Crippen LogP contribution in [-0.2, 0) is 13.0 Å². The van der Waals surface area contributed by atoms with Gasteiger partial charge >= 0.3 is 0 Å². The summed E-state index contributed by atoms with van der Waals surface area (Å²) in [5.41, 5.74) is 5.19. The maximum atomic E-state index is 5.58. The van der Waals surface area contributed by atoms with E-state index in [-0.39, 0.29) is 6.04 Å². The van der Waals surface area contributed by atoms with Crippen molar-refractivity contribution in [3.63, 3.8) is 0 Å². The molecule has 0 saturated heterocycles. The van der Waals surface area contributed by atoms with E-state index in [1.807, 2.05) is 6.92 Å². The van der Waals surface area contributed by atoms with Crippen molar-refractivity contribution in [2.75, 3.05) is 33.9 Å². The third-order valence-electron chi connectivity index (χ3n) is 5.37. The molecule has 5 nitrogen and oxygen atoms in total. The minimum atomic E-state index is 0.190. The van der Waals surface area contributed by atoms with Crippen LogP contribution in [0, 0.1) is 6.92 Å². The maximum absolute atomic E-state index is 5.58. The van der Waals surface area contributed by atoms with Crippen molar-refractivity contribution in [3.8, 4) is 11.5 Å². The Labute approximate surface area is 179 Å². The van der Waals surface area contributed by atoms with Gasteiger partial charge in [0.15, 0.2) is 16.6 Å². The number of nitrogens with zero attached hydrogens (tertiary/aromatic N) is 1. The number of rotatable bonds is 7. The highest BCUT2D eigenvalue weighted by Gasteiger charge is 2.29. The highest BCUT2D eigenvalue weighted by atomic mass is 32.1. The molecule has 1 aliphatic heterocycles. The van der Waals surface area contributed by atoms with Crippen LogP contribution in [-0.4, -0.2) is 43.9 Å². The zero-order chi connectivity index (χ0) is 20.8. The van der Waals surface area contributed by atoms with E-state index < -0.39 is 0 Å². The molecule has 1 aliphatic rings. The summed E-state index contributed by atoms with van der Waals surface area (Å²) in [5, 5.41) is 7.26. The average molecular weight is 414 g/mol. The summed E-state index contributed by atoms with van der Waals surface area (Å²) in [4.78, 5) is 2.52. The van der Waals surface area contributed by atoms with Crippen molar-refractivity contribution in [1.29, 1.82) is 0 Å². The quantitative estimate of drug-likeness (QED) is 0.677. The zero-order valence-corrected chi connectivity index (χ0v) is 18.6. The molecule has 2 aromatic rings. The van der Waals surface area contributed by atoms with Crippen LogP contribution >= 0.6 is 12.2 Å². The third-order valence-corrected chi connectivity index (χ3v) is 5.66. The van der Waals surface area contributed by atoms with Gasteiger partial charge in [-0.2, -0.15) is 0 Å². The van der Waals surface area contributed by atoms with Gasteiger partial charge in [-0.05, 0) is 61.3 Å². The highest BCUT2D eigenvalue weighted by molar-refractivity contribution is 7.80. The standard InChI is InChI=1S/C23H31N3O2S/c1-5-24-23(29)25-14-20-19-13-22(28-4)21(27-3)12-18(19)9-10-26(20)15-17-8-6-7-16(2)11-17/h6-8,11-13,20H,5,9-10,14-15H2,1-4H3,(H2,24,25,29)/t20-/m1/s1. The summed E-state index contributed by atoms with van der Waals surface area (Å²) < 4.78 is 11.1. The molecule has 1 heterocycles. The van der Waals surface area contributed by atoms with Gasteiger partial charge in [0.1, 0.15) is 0 Å². The molecule has 29 heavy (non-hydrogen) atoms. The first-order valence-corrected chi connectivity index (χ1v) is 10.5. The van der Waals surface area contributed by atoms with Crippen molar-refractivity contribution >= 4 is 17.3 Å². The van der Waals surface area contributed by atoms with Gasteiger partial charge in [-0.25, -0.2) is 0 Å². The number of hydrogen-bond acceptors (Lipinski definition) is 4. The zero-order valence-electron chi connectivity index (χ0n) is 17.7. The first kappa shape index (κ1) is 21.4. The number of thiocarbonyl (C=S) groups is 1.